The van der Waals surface area contributed by atoms with Crippen LogP contribution in [-0.4, -0.2) is 62.6 Å². The summed E-state index contributed by atoms with van der Waals surface area (Å²) < 4.78 is 8.66. The molecule has 0 saturated heterocycles. The number of aromatic hydroxyl groups is 3. The Morgan fingerprint density at radius 1 is 0.651 bits per heavy atom. The first-order valence-corrected chi connectivity index (χ1v) is 30.2. The fourth-order valence-electron chi connectivity index (χ4n) is 16.7. The number of carboxylic acid groups (broad SMARTS) is 1. The summed E-state index contributed by atoms with van der Waals surface area (Å²) in [4.78, 5) is 32.8. The minimum atomic E-state index is -0.737. The first-order valence-electron chi connectivity index (χ1n) is 30.2. The number of ether oxygens (including phenoxy) is 1. The van der Waals surface area contributed by atoms with Crippen LogP contribution in [0.25, 0.3) is 90.9 Å². The van der Waals surface area contributed by atoms with Gasteiger partial charge < -0.3 is 40.2 Å². The van der Waals surface area contributed by atoms with Crippen LogP contribution in [0.2, 0.25) is 0 Å². The molecule has 8 aromatic rings. The van der Waals surface area contributed by atoms with E-state index in [9.17, 15) is 30.3 Å². The Balaban J connectivity index is 0.00000686. The summed E-state index contributed by atoms with van der Waals surface area (Å²) in [5.74, 6) is 2.89. The third-order valence-electron chi connectivity index (χ3n) is 20.8. The van der Waals surface area contributed by atoms with Gasteiger partial charge in [-0.1, -0.05) is 98.8 Å². The van der Waals surface area contributed by atoms with E-state index in [-0.39, 0.29) is 78.6 Å². The third kappa shape index (κ3) is 10.1. The number of fused-ring (bicyclic) bond motifs is 13. The number of phenols is 3. The smallest absolute Gasteiger partial charge is 0.657 e. The first kappa shape index (κ1) is 57.0. The number of aliphatic hydroxyl groups excluding tert-OH is 1. The van der Waals surface area contributed by atoms with Crippen molar-refractivity contribution in [1.82, 2.24) is 34.9 Å². The number of nitrogens with zero attached hydrogens (tertiary/aromatic N) is 7. The van der Waals surface area contributed by atoms with Crippen molar-refractivity contribution < 1.29 is 54.5 Å². The molecule has 432 valence electrons. The molecule has 0 radical (unpaired) electrons. The van der Waals surface area contributed by atoms with Gasteiger partial charge in [-0.15, -0.1) is 27.2 Å². The van der Waals surface area contributed by atoms with Crippen molar-refractivity contribution in [3.05, 3.63) is 156 Å². The standard InChI is InChI=1S/C71H70N7O7.Zn/c1-40(16-29-65(83)84)53-19-20-54-52-18-17-45-36-47(30-31-70(45,2)55(52)37-64(82)71(53,54)3)78-38-46(76-77-78)39-85-51-15-7-11-44(35-51)69-62-27-25-60(74-62)67(42-9-5-13-49(80)33-42)58-23-21-56(72-58)66(41-8-4-12-48(79)32-41)57-22-24-59(73-57)68(61-26-28-63(69)75-61)43-10-6-14-50(81)34-43;/h4-15,21-28,32-35,38,40,45,47,52-55,64,82H,16-20,29-31,36-37,39H2,1-3H3,(H5-,72,73,74,75,76,77,79,80,81,83,84);/q-1;+2/p-1/t40-,45-,47-,52+,53-,54+,55+,64+,70+,71-;/m1./s1. The van der Waals surface area contributed by atoms with Gasteiger partial charge in [-0.2, -0.15) is 0 Å². The summed E-state index contributed by atoms with van der Waals surface area (Å²) in [7, 11) is 0. The monoisotopic (exact) mass is 1200 g/mol. The Morgan fingerprint density at radius 3 is 1.67 bits per heavy atom. The number of carbonyl (C=O) groups is 1. The molecule has 2 aliphatic heterocycles. The number of aliphatic carboxylic acids is 1. The van der Waals surface area contributed by atoms with Crippen molar-refractivity contribution >= 4 is 52.3 Å². The number of rotatable bonds is 12. The van der Waals surface area contributed by atoms with E-state index in [0.29, 0.717) is 103 Å². The number of carboxylic acids is 1. The van der Waals surface area contributed by atoms with Gasteiger partial charge in [0.05, 0.1) is 41.1 Å². The molecular formula is C71H69N7O7Zn. The minimum absolute atomic E-state index is 0. The van der Waals surface area contributed by atoms with Gasteiger partial charge in [-0.3, -0.25) is 4.79 Å². The van der Waals surface area contributed by atoms with Crippen LogP contribution < -0.4 is 14.7 Å². The van der Waals surface area contributed by atoms with E-state index < -0.39 is 5.97 Å². The van der Waals surface area contributed by atoms with E-state index in [1.807, 2.05) is 97.2 Å². The van der Waals surface area contributed by atoms with Crippen molar-refractivity contribution in [2.45, 2.75) is 104 Å². The fourth-order valence-corrected chi connectivity index (χ4v) is 16.7. The third-order valence-corrected chi connectivity index (χ3v) is 20.8. The van der Waals surface area contributed by atoms with E-state index >= 15 is 0 Å². The summed E-state index contributed by atoms with van der Waals surface area (Å²) >= 11 is 0. The molecule has 5 N–H and O–H groups in total. The first-order chi connectivity index (χ1) is 41.2. The average molecular weight is 1200 g/mol. The number of hydrogen-bond donors (Lipinski definition) is 5. The van der Waals surface area contributed by atoms with E-state index in [1.54, 1.807) is 54.6 Å². The maximum atomic E-state index is 12.1. The average Bonchev–Trinajstić information content (AvgIpc) is 2.53. The number of hydrogen-bond acceptors (Lipinski definition) is 10. The van der Waals surface area contributed by atoms with Crippen molar-refractivity contribution in [3.8, 4) is 67.5 Å². The largest absolute Gasteiger partial charge is 2.00 e. The molecule has 6 heterocycles. The second-order valence-corrected chi connectivity index (χ2v) is 25.3. The number of phenolic OH excluding ortho intramolecular Hbond substituents is 3. The van der Waals surface area contributed by atoms with Crippen LogP contribution in [0.15, 0.2) is 128 Å². The van der Waals surface area contributed by atoms with Crippen LogP contribution in [-0.2, 0) is 30.9 Å². The second kappa shape index (κ2) is 22.6. The predicted molar refractivity (Wildman–Crippen MR) is 330 cm³/mol. The second-order valence-electron chi connectivity index (χ2n) is 25.3. The van der Waals surface area contributed by atoms with Crippen molar-refractivity contribution in [2.75, 3.05) is 0 Å². The molecule has 4 aromatic heterocycles. The van der Waals surface area contributed by atoms with Crippen molar-refractivity contribution in [3.63, 3.8) is 0 Å². The normalized spacial score (nSPS) is 25.0. The van der Waals surface area contributed by atoms with Crippen molar-refractivity contribution in [1.29, 1.82) is 0 Å². The summed E-state index contributed by atoms with van der Waals surface area (Å²) in [5.41, 5.74) is 11.6. The zero-order valence-corrected chi connectivity index (χ0v) is 51.7. The predicted octanol–water partition coefficient (Wildman–Crippen LogP) is 14.5. The summed E-state index contributed by atoms with van der Waals surface area (Å²) in [5, 5.41) is 63.5. The van der Waals surface area contributed by atoms with Crippen LogP contribution in [0, 0.1) is 46.3 Å². The minimum Gasteiger partial charge on any atom is -0.657 e. The SMILES string of the molecule is C[C@H](CCC(=O)O)[C@H]1CC[C@H]2[C@@H]3CC[C@@H]4C[C@H](n5cc(COc6cccc(-c7c8nc(c(-c9cccc(O)c9)c9ccc([n-]9)c(-c9cccc(O)c9)c9nc(c(-c%10cccc(O)c%10)c%10ccc7[n-]%10)C=C9)C=C8)c6)nn5)CC[C@]4(C)[C@H]3C[C@H](O)[C@]12C.[Zn+2]. The molecule has 4 aromatic carbocycles. The Morgan fingerprint density at radius 2 is 1.16 bits per heavy atom. The van der Waals surface area contributed by atoms with E-state index in [2.05, 4.69) is 30.6 Å². The molecule has 86 heavy (non-hydrogen) atoms. The number of aliphatic hydroxyl groups is 1. The number of aromatic nitrogens is 7. The van der Waals surface area contributed by atoms with E-state index in [0.717, 1.165) is 72.0 Å². The van der Waals surface area contributed by atoms with E-state index in [4.69, 9.17) is 29.9 Å². The maximum Gasteiger partial charge on any atom is 2.00 e. The molecule has 10 atom stereocenters. The van der Waals surface area contributed by atoms with Gasteiger partial charge in [0, 0.05) is 6.42 Å². The molecule has 0 spiro atoms. The molecule has 0 unspecified atom stereocenters. The molecule has 6 aliphatic rings. The van der Waals surface area contributed by atoms with Gasteiger partial charge in [0.25, 0.3) is 0 Å². The number of benzene rings is 4. The Bertz CT molecular complexity index is 4140. The topological polar surface area (TPSA) is 212 Å². The van der Waals surface area contributed by atoms with Gasteiger partial charge >= 0.3 is 25.4 Å². The Kier molecular flexibility index (Phi) is 15.0. The van der Waals surface area contributed by atoms with Crippen LogP contribution in [0.5, 0.6) is 23.0 Å². The molecule has 15 heteroatoms. The molecule has 4 fully saturated rings. The van der Waals surface area contributed by atoms with Gasteiger partial charge in [0.1, 0.15) is 35.3 Å². The molecule has 14 rings (SSSR count). The Hall–Kier alpha value is -8.13. The van der Waals surface area contributed by atoms with Crippen molar-refractivity contribution in [2.24, 2.45) is 46.3 Å². The van der Waals surface area contributed by atoms with Crippen LogP contribution in [0.3, 0.4) is 0 Å². The molecule has 8 bridgehead atoms. The summed E-state index contributed by atoms with van der Waals surface area (Å²) in [6.45, 7) is 7.28. The maximum absolute atomic E-state index is 12.1. The van der Waals surface area contributed by atoms with Gasteiger partial charge in [-0.25, -0.2) is 14.6 Å². The van der Waals surface area contributed by atoms with Gasteiger partial charge in [-0.05, 0) is 221 Å². The van der Waals surface area contributed by atoms with E-state index in [1.165, 1.54) is 12.8 Å². The van der Waals surface area contributed by atoms with Gasteiger partial charge in [0.15, 0.2) is 0 Å². The quantitative estimate of drug-likeness (QED) is 0.0722. The molecular weight excluding hydrogens is 1130 g/mol. The Labute approximate surface area is 512 Å². The van der Waals surface area contributed by atoms with Gasteiger partial charge in [0.2, 0.25) is 0 Å². The molecule has 4 saturated carbocycles. The molecule has 0 amide bonds. The summed E-state index contributed by atoms with van der Waals surface area (Å²) in [6, 6.07) is 37.2. The fraction of sp³-hybridized carbons (Fsp3) is 0.338. The summed E-state index contributed by atoms with van der Waals surface area (Å²) in [6.07, 6.45) is 18.9. The van der Waals surface area contributed by atoms with Crippen LogP contribution >= 0.6 is 0 Å². The zero-order valence-electron chi connectivity index (χ0n) is 48.7. The molecule has 4 aliphatic carbocycles. The zero-order chi connectivity index (χ0) is 58.3. The van der Waals surface area contributed by atoms with Crippen LogP contribution in [0.1, 0.15) is 119 Å². The van der Waals surface area contributed by atoms with Crippen LogP contribution in [0.4, 0.5) is 0 Å². The molecule has 14 nitrogen and oxygen atoms in total.